The van der Waals surface area contributed by atoms with Gasteiger partial charge in [0.25, 0.3) is 0 Å². The minimum absolute atomic E-state index is 0.201. The smallest absolute Gasteiger partial charge is 0.321 e. The molecule has 11 heteroatoms. The second kappa shape index (κ2) is 9.88. The highest BCUT2D eigenvalue weighted by Gasteiger charge is 2.24. The van der Waals surface area contributed by atoms with E-state index in [9.17, 15) is 4.79 Å². The van der Waals surface area contributed by atoms with Gasteiger partial charge in [0, 0.05) is 54.3 Å². The Morgan fingerprint density at radius 3 is 2.53 bits per heavy atom. The van der Waals surface area contributed by atoms with E-state index >= 15 is 0 Å². The molecule has 0 bridgehead atoms. The van der Waals surface area contributed by atoms with Crippen molar-refractivity contribution >= 4 is 46.7 Å². The van der Waals surface area contributed by atoms with Crippen molar-refractivity contribution in [2.24, 2.45) is 0 Å². The Morgan fingerprint density at radius 2 is 1.81 bits per heavy atom. The Labute approximate surface area is 195 Å². The maximum Gasteiger partial charge on any atom is 0.321 e. The van der Waals surface area contributed by atoms with Crippen molar-refractivity contribution in [3.8, 4) is 5.75 Å². The molecule has 32 heavy (non-hydrogen) atoms. The van der Waals surface area contributed by atoms with Gasteiger partial charge < -0.3 is 25.6 Å². The van der Waals surface area contributed by atoms with Gasteiger partial charge in [-0.3, -0.25) is 0 Å². The molecular formula is C21H21Cl2N7O2. The minimum atomic E-state index is -0.207. The average Bonchev–Trinajstić information content (AvgIpc) is 2.77. The molecule has 2 aromatic heterocycles. The summed E-state index contributed by atoms with van der Waals surface area (Å²) in [5.41, 5.74) is 6.86. The fraction of sp³-hybridized carbons (Fsp3) is 0.238. The van der Waals surface area contributed by atoms with Gasteiger partial charge in [-0.2, -0.15) is 0 Å². The van der Waals surface area contributed by atoms with E-state index in [4.69, 9.17) is 33.7 Å². The van der Waals surface area contributed by atoms with E-state index in [1.165, 1.54) is 0 Å². The molecule has 2 amide bonds. The molecule has 1 fully saturated rings. The summed E-state index contributed by atoms with van der Waals surface area (Å²) in [5.74, 6) is 1.55. The Bertz CT molecular complexity index is 1090. The first-order valence-corrected chi connectivity index (χ1v) is 10.7. The van der Waals surface area contributed by atoms with E-state index < -0.39 is 0 Å². The third-order valence-corrected chi connectivity index (χ3v) is 5.27. The van der Waals surface area contributed by atoms with Gasteiger partial charge in [0.05, 0.1) is 5.69 Å². The summed E-state index contributed by atoms with van der Waals surface area (Å²) in [6.45, 7) is 2.52. The highest BCUT2D eigenvalue weighted by molar-refractivity contribution is 6.35. The number of nitrogens with two attached hydrogens (primary N) is 1. The summed E-state index contributed by atoms with van der Waals surface area (Å²) >= 11 is 12.0. The summed E-state index contributed by atoms with van der Waals surface area (Å²) in [6, 6.07) is 10.1. The van der Waals surface area contributed by atoms with Gasteiger partial charge in [0.2, 0.25) is 5.95 Å². The second-order valence-corrected chi connectivity index (χ2v) is 7.96. The maximum atomic E-state index is 12.6. The predicted molar refractivity (Wildman–Crippen MR) is 124 cm³/mol. The number of urea groups is 1. The van der Waals surface area contributed by atoms with Gasteiger partial charge in [-0.25, -0.2) is 19.7 Å². The van der Waals surface area contributed by atoms with E-state index in [1.54, 1.807) is 41.6 Å². The van der Waals surface area contributed by atoms with Crippen LogP contribution in [0.3, 0.4) is 0 Å². The van der Waals surface area contributed by atoms with E-state index in [1.807, 2.05) is 12.1 Å². The highest BCUT2D eigenvalue weighted by atomic mass is 35.5. The largest absolute Gasteiger partial charge is 0.483 e. The second-order valence-electron chi connectivity index (χ2n) is 7.08. The van der Waals surface area contributed by atoms with Crippen LogP contribution in [0.4, 0.5) is 22.2 Å². The minimum Gasteiger partial charge on any atom is -0.483 e. The molecular weight excluding hydrogens is 453 g/mol. The first-order chi connectivity index (χ1) is 15.5. The van der Waals surface area contributed by atoms with Crippen molar-refractivity contribution in [1.29, 1.82) is 0 Å². The molecule has 4 rings (SSSR count). The number of nitrogen functional groups attached to an aromatic ring is 1. The standard InChI is InChI=1S/C21H21Cl2N7O2/c22-14-10-15(23)12-17(11-14)28-21(31)30-8-6-29(7-9-30)19-18(2-1-4-25-19)32-13-16-3-5-26-20(24)27-16/h1-5,10-12H,6-9,13H2,(H,28,31)(H2,24,26,27). The number of piperazine rings is 1. The first-order valence-electron chi connectivity index (χ1n) is 9.90. The van der Waals surface area contributed by atoms with Gasteiger partial charge in [-0.1, -0.05) is 23.2 Å². The number of halogens is 2. The zero-order chi connectivity index (χ0) is 22.5. The van der Waals surface area contributed by atoms with Gasteiger partial charge in [0.1, 0.15) is 6.61 Å². The Hall–Kier alpha value is -3.30. The summed E-state index contributed by atoms with van der Waals surface area (Å²) in [4.78, 5) is 29.0. The summed E-state index contributed by atoms with van der Waals surface area (Å²) < 4.78 is 5.94. The lowest BCUT2D eigenvalue weighted by molar-refractivity contribution is 0.208. The van der Waals surface area contributed by atoms with Crippen LogP contribution in [-0.4, -0.2) is 52.1 Å². The molecule has 0 spiro atoms. The first kappa shape index (κ1) is 21.9. The van der Waals surface area contributed by atoms with Crippen LogP contribution >= 0.6 is 23.2 Å². The lowest BCUT2D eigenvalue weighted by Crippen LogP contribution is -2.50. The molecule has 0 unspecified atom stereocenters. The van der Waals surface area contributed by atoms with Crippen LogP contribution in [0.15, 0.2) is 48.8 Å². The number of anilines is 3. The molecule has 0 atom stereocenters. The van der Waals surface area contributed by atoms with E-state index in [-0.39, 0.29) is 18.6 Å². The van der Waals surface area contributed by atoms with Crippen LogP contribution in [0, 0.1) is 0 Å². The molecule has 3 aromatic rings. The van der Waals surface area contributed by atoms with Crippen LogP contribution < -0.4 is 20.7 Å². The summed E-state index contributed by atoms with van der Waals surface area (Å²) in [7, 11) is 0. The third kappa shape index (κ3) is 5.49. The molecule has 0 radical (unpaired) electrons. The quantitative estimate of drug-likeness (QED) is 0.581. The van der Waals surface area contributed by atoms with Crippen molar-refractivity contribution in [3.05, 3.63) is 64.5 Å². The number of hydrogen-bond donors (Lipinski definition) is 2. The molecule has 9 nitrogen and oxygen atoms in total. The van der Waals surface area contributed by atoms with Gasteiger partial charge >= 0.3 is 6.03 Å². The van der Waals surface area contributed by atoms with Crippen LogP contribution in [0.2, 0.25) is 10.0 Å². The number of benzene rings is 1. The predicted octanol–water partition coefficient (Wildman–Crippen LogP) is 3.69. The van der Waals surface area contributed by atoms with Crippen molar-refractivity contribution in [3.63, 3.8) is 0 Å². The monoisotopic (exact) mass is 473 g/mol. The Kier molecular flexibility index (Phi) is 6.77. The van der Waals surface area contributed by atoms with Crippen LogP contribution in [0.1, 0.15) is 5.69 Å². The molecule has 3 N–H and O–H groups in total. The number of ether oxygens (including phenoxy) is 1. The molecule has 166 valence electrons. The van der Waals surface area contributed by atoms with Crippen LogP contribution in [0.5, 0.6) is 5.75 Å². The number of carbonyl (C=O) groups is 1. The summed E-state index contributed by atoms with van der Waals surface area (Å²) in [5, 5.41) is 3.77. The van der Waals surface area contributed by atoms with Crippen LogP contribution in [-0.2, 0) is 6.61 Å². The lowest BCUT2D eigenvalue weighted by Gasteiger charge is -2.35. The number of amides is 2. The molecule has 0 aliphatic carbocycles. The fourth-order valence-electron chi connectivity index (χ4n) is 3.33. The number of nitrogens with zero attached hydrogens (tertiary/aromatic N) is 5. The summed E-state index contributed by atoms with van der Waals surface area (Å²) in [6.07, 6.45) is 3.31. The van der Waals surface area contributed by atoms with Crippen LogP contribution in [0.25, 0.3) is 0 Å². The number of nitrogens with one attached hydrogen (secondary N) is 1. The maximum absolute atomic E-state index is 12.6. The molecule has 1 aliphatic rings. The normalized spacial score (nSPS) is 13.7. The number of carbonyl (C=O) groups excluding carboxylic acids is 1. The highest BCUT2D eigenvalue weighted by Crippen LogP contribution is 2.27. The van der Waals surface area contributed by atoms with Crippen molar-refractivity contribution in [2.45, 2.75) is 6.61 Å². The Morgan fingerprint density at radius 1 is 1.06 bits per heavy atom. The lowest BCUT2D eigenvalue weighted by atomic mass is 10.3. The molecule has 1 aliphatic heterocycles. The molecule has 0 saturated carbocycles. The van der Waals surface area contributed by atoms with Gasteiger partial charge in [-0.15, -0.1) is 0 Å². The van der Waals surface area contributed by atoms with E-state index in [0.29, 0.717) is 53.4 Å². The molecule has 1 aromatic carbocycles. The number of aromatic nitrogens is 3. The zero-order valence-corrected chi connectivity index (χ0v) is 18.6. The number of rotatable bonds is 5. The SMILES string of the molecule is Nc1nccc(COc2cccnc2N2CCN(C(=O)Nc3cc(Cl)cc(Cl)c3)CC2)n1. The van der Waals surface area contributed by atoms with Gasteiger partial charge in [0.15, 0.2) is 11.6 Å². The molecule has 3 heterocycles. The topological polar surface area (TPSA) is 109 Å². The van der Waals surface area contributed by atoms with Gasteiger partial charge in [-0.05, 0) is 36.4 Å². The average molecular weight is 474 g/mol. The van der Waals surface area contributed by atoms with E-state index in [0.717, 1.165) is 5.82 Å². The number of hydrogen-bond acceptors (Lipinski definition) is 7. The number of pyridine rings is 1. The Balaban J connectivity index is 1.36. The fourth-order valence-corrected chi connectivity index (χ4v) is 3.85. The van der Waals surface area contributed by atoms with Crippen molar-refractivity contribution in [1.82, 2.24) is 19.9 Å². The third-order valence-electron chi connectivity index (χ3n) is 4.84. The van der Waals surface area contributed by atoms with Crippen molar-refractivity contribution in [2.75, 3.05) is 42.1 Å². The molecule has 1 saturated heterocycles. The zero-order valence-electron chi connectivity index (χ0n) is 17.0. The van der Waals surface area contributed by atoms with E-state index in [2.05, 4.69) is 25.2 Å². The van der Waals surface area contributed by atoms with Crippen molar-refractivity contribution < 1.29 is 9.53 Å².